The molecule has 4 bridgehead atoms. The van der Waals surface area contributed by atoms with Crippen LogP contribution in [0.3, 0.4) is 0 Å². The number of pyridine rings is 2. The summed E-state index contributed by atoms with van der Waals surface area (Å²) in [5.74, 6) is 5.09. The molecule has 116 heavy (non-hydrogen) atoms. The van der Waals surface area contributed by atoms with Gasteiger partial charge in [0.1, 0.15) is 38.5 Å². The van der Waals surface area contributed by atoms with Crippen LogP contribution in [0.1, 0.15) is 190 Å². The Labute approximate surface area is 705 Å². The van der Waals surface area contributed by atoms with Crippen LogP contribution < -0.4 is 9.80 Å². The zero-order chi connectivity index (χ0) is 85.1. The van der Waals surface area contributed by atoms with Crippen molar-refractivity contribution in [1.82, 2.24) is 39.2 Å². The second kappa shape index (κ2) is 43.7. The molecule has 18 nitrogen and oxygen atoms in total. The van der Waals surface area contributed by atoms with E-state index in [9.17, 15) is 36.6 Å². The van der Waals surface area contributed by atoms with Gasteiger partial charge in [0.05, 0.1) is 51.8 Å². The first-order valence-electron chi connectivity index (χ1n) is 43.0. The van der Waals surface area contributed by atoms with Crippen LogP contribution in [0.15, 0.2) is 70.5 Å². The molecule has 30 heteroatoms. The van der Waals surface area contributed by atoms with Gasteiger partial charge in [0.25, 0.3) is 0 Å². The summed E-state index contributed by atoms with van der Waals surface area (Å²) in [5, 5.41) is 29.1. The van der Waals surface area contributed by atoms with E-state index in [4.69, 9.17) is 48.6 Å². The fourth-order valence-electron chi connectivity index (χ4n) is 16.5. The van der Waals surface area contributed by atoms with E-state index < -0.39 is 86.6 Å². The molecule has 4 aliphatic carbocycles. The molecule has 8 atom stereocenters. The number of alkyl halides is 6. The van der Waals surface area contributed by atoms with Crippen molar-refractivity contribution in [3.05, 3.63) is 98.8 Å². The standard InChI is InChI=1S/C37H56F3N5O4Si2.C33H49BrF3N5O3Si2.C4H7O.3C4H9.Sn/c1-9-49-25(2)32-33(29-19-26-10-11-27(18-26)20-29)43-35-30(28-12-13-31(41-21-28)34(46)37(38,39)40)22-42-45(35)36(32)44(23-47-14-16-50(3,4)5)24-48-15-17-51(6,7)8;1-46(2,3)13-11-44-20-41(21-45-12-14-47(4,5)6)32-28(34)29(25-16-22-7-8-23(15-22)17-25)40-31-26(19-39-42(31)32)24-9-10-27(38-18-24)30(43)33(35,36)37;1-3-5-4-2;3*1-3-4-2;/h12-13,21-22,26-27,29,34,46H,2,9-11,14-20,23-24H2,1,3-8H3;9-10,18-19,22-23,25,30,43H,7-8,11-17,20-21H2,1-6H3;1,4H2,2H3;3*1,3-4H2,2H3;/t26-,27+,29?,34?;22-,23+,25?,30?;;;;;. The Morgan fingerprint density at radius 2 is 0.853 bits per heavy atom. The Morgan fingerprint density at radius 3 is 1.18 bits per heavy atom. The van der Waals surface area contributed by atoms with Crippen molar-refractivity contribution in [2.45, 2.75) is 290 Å². The zero-order valence-corrected chi connectivity index (χ0v) is 81.4. The fourth-order valence-corrected chi connectivity index (χ4v) is 35.0. The van der Waals surface area contributed by atoms with E-state index in [0.29, 0.717) is 115 Å². The number of anilines is 2. The summed E-state index contributed by atoms with van der Waals surface area (Å²) in [6.07, 6.45) is 10.9. The number of ether oxygens (including phenoxy) is 6. The summed E-state index contributed by atoms with van der Waals surface area (Å²) in [4.78, 5) is 22.7. The Bertz CT molecular complexity index is 3970. The van der Waals surface area contributed by atoms with Gasteiger partial charge in [-0.15, -0.1) is 0 Å². The molecule has 6 heterocycles. The maximum Gasteiger partial charge on any atom is 0.420 e. The van der Waals surface area contributed by atoms with Gasteiger partial charge in [0.2, 0.25) is 0 Å². The van der Waals surface area contributed by atoms with Crippen LogP contribution in [0, 0.1) is 23.7 Å². The van der Waals surface area contributed by atoms with E-state index in [2.05, 4.69) is 155 Å². The maximum absolute atomic E-state index is 13.3. The third-order valence-electron chi connectivity index (χ3n) is 23.3. The summed E-state index contributed by atoms with van der Waals surface area (Å²) in [6.45, 7) is 52.5. The third-order valence-corrected chi connectivity index (χ3v) is 45.9. The van der Waals surface area contributed by atoms with Crippen LogP contribution in [-0.4, -0.2) is 179 Å². The molecule has 2 N–H and O–H groups in total. The Hall–Kier alpha value is -4.29. The predicted octanol–water partition coefficient (Wildman–Crippen LogP) is 23.9. The van der Waals surface area contributed by atoms with Gasteiger partial charge in [-0.1, -0.05) is 123 Å². The van der Waals surface area contributed by atoms with Crippen molar-refractivity contribution in [2.24, 2.45) is 23.7 Å². The Balaban J connectivity index is 0.000000240. The summed E-state index contributed by atoms with van der Waals surface area (Å²) in [6, 6.07) is 9.58. The number of aromatic nitrogens is 8. The van der Waals surface area contributed by atoms with Crippen molar-refractivity contribution in [3.63, 3.8) is 0 Å². The molecular weight excluding hydrogens is 1730 g/mol. The minimum absolute atomic E-state index is 0.167. The molecule has 10 rings (SSSR count). The smallest absolute Gasteiger partial charge is 0.378 e. The molecular formula is C86H139BrF6N10O8Si4Sn. The molecule has 6 aromatic heterocycles. The van der Waals surface area contributed by atoms with Crippen molar-refractivity contribution in [1.29, 1.82) is 0 Å². The van der Waals surface area contributed by atoms with E-state index in [0.717, 1.165) is 83.7 Å². The largest absolute Gasteiger partial charge is 0.420 e. The Morgan fingerprint density at radius 1 is 0.509 bits per heavy atom. The molecule has 4 aliphatic rings. The van der Waals surface area contributed by atoms with Gasteiger partial charge in [-0.3, -0.25) is 9.97 Å². The fraction of sp³-hybridized carbons (Fsp3) is 0.698. The minimum atomic E-state index is -4.82. The topological polar surface area (TPSA) is 188 Å². The molecule has 0 saturated heterocycles. The molecule has 0 spiro atoms. The van der Waals surface area contributed by atoms with E-state index in [1.165, 1.54) is 131 Å². The quantitative estimate of drug-likeness (QED) is 0.0121. The summed E-state index contributed by atoms with van der Waals surface area (Å²) in [5.41, 5.74) is 5.24. The molecule has 0 radical (unpaired) electrons. The van der Waals surface area contributed by atoms with Gasteiger partial charge in [-0.25, -0.2) is 9.97 Å². The van der Waals surface area contributed by atoms with Crippen LogP contribution in [0.25, 0.3) is 39.3 Å². The SMILES string of the molecule is C=C(OCC)c1c(C2C[C@H]3CC[C@@H](C2)C3)nc2c(-c3ccc(C(O)C(F)(F)F)nc3)cnn2c1N(COCC[Si](C)(C)C)COCC[Si](C)(C)C.C=[C](OCC)[Sn]([CH2]CCC)([CH2]CCC)[CH2]CCC.C[Si](C)(C)CCOCN(COCC[Si](C)(C)C)c1c(Br)c(C2C[C@H]3CC[C@@H](C2)C3)nc2c(-c3ccc(C(O)C(F)(F)F)nc3)cnn12. The maximum atomic E-state index is 13.3. The Kier molecular flexibility index (Phi) is 36.6. The second-order valence-corrected chi connectivity index (χ2v) is 74.4. The summed E-state index contributed by atoms with van der Waals surface area (Å²) < 4.78 is 127. The average molecular weight is 1870 g/mol. The van der Waals surface area contributed by atoms with Crippen LogP contribution in [0.4, 0.5) is 38.0 Å². The molecule has 0 amide bonds. The van der Waals surface area contributed by atoms with Gasteiger partial charge in [-0.05, 0) is 121 Å². The molecule has 4 unspecified atom stereocenters. The van der Waals surface area contributed by atoms with E-state index >= 15 is 0 Å². The second-order valence-electron chi connectivity index (χ2n) is 38.0. The summed E-state index contributed by atoms with van der Waals surface area (Å²) >= 11 is 1.74. The third kappa shape index (κ3) is 28.1. The molecule has 0 aliphatic heterocycles. The van der Waals surface area contributed by atoms with E-state index in [1.807, 2.05) is 6.92 Å². The molecule has 6 aromatic rings. The normalized spacial score (nSPS) is 19.2. The van der Waals surface area contributed by atoms with Crippen molar-refractivity contribution < 1.29 is 65.0 Å². The molecule has 0 aromatic carbocycles. The average Bonchev–Trinajstić information content (AvgIpc) is 0.982. The van der Waals surface area contributed by atoms with Crippen molar-refractivity contribution >= 4 is 95.3 Å². The number of hydrogen-bond acceptors (Lipinski definition) is 16. The van der Waals surface area contributed by atoms with Gasteiger partial charge in [0.15, 0.2) is 29.3 Å². The molecule has 4 fully saturated rings. The number of fused-ring (bicyclic) bond motifs is 6. The van der Waals surface area contributed by atoms with Crippen LogP contribution in [-0.2, 0) is 28.4 Å². The number of hydrogen-bond donors (Lipinski definition) is 2. The number of aliphatic hydroxyl groups is 2. The van der Waals surface area contributed by atoms with Gasteiger partial charge in [0, 0.05) is 105 Å². The molecule has 650 valence electrons. The van der Waals surface area contributed by atoms with E-state index in [1.54, 1.807) is 21.4 Å². The van der Waals surface area contributed by atoms with Gasteiger partial charge in [-0.2, -0.15) is 45.6 Å². The van der Waals surface area contributed by atoms with Gasteiger partial charge >= 0.3 is 132 Å². The number of nitrogens with zero attached hydrogens (tertiary/aromatic N) is 10. The van der Waals surface area contributed by atoms with E-state index in [-0.39, 0.29) is 25.3 Å². The van der Waals surface area contributed by atoms with Gasteiger partial charge < -0.3 is 43.7 Å². The zero-order valence-electron chi connectivity index (χ0n) is 72.9. The van der Waals surface area contributed by atoms with Crippen LogP contribution in [0.5, 0.6) is 0 Å². The predicted molar refractivity (Wildman–Crippen MR) is 475 cm³/mol. The molecule has 4 saturated carbocycles. The number of unbranched alkanes of at least 4 members (excludes halogenated alkanes) is 3. The first-order valence-corrected chi connectivity index (χ1v) is 66.1. The summed E-state index contributed by atoms with van der Waals surface area (Å²) in [7, 11) is -5.31. The number of halogens is 7. The monoisotopic (exact) mass is 1860 g/mol. The van der Waals surface area contributed by atoms with Crippen molar-refractivity contribution in [3.8, 4) is 22.3 Å². The first-order chi connectivity index (χ1) is 54.6. The van der Waals surface area contributed by atoms with Crippen LogP contribution in [0.2, 0.25) is 116 Å². The number of aliphatic hydroxyl groups excluding tert-OH is 2. The first kappa shape index (κ1) is 97.2. The number of rotatable bonds is 43. The van der Waals surface area contributed by atoms with Crippen LogP contribution >= 0.6 is 15.9 Å². The van der Waals surface area contributed by atoms with Crippen molar-refractivity contribution in [2.75, 3.05) is 76.4 Å². The minimum Gasteiger partial charge on any atom is -0.378 e.